The van der Waals surface area contributed by atoms with Gasteiger partial charge < -0.3 is 4.89 Å². The molecular formula is C10H22NOP. The fourth-order valence-corrected chi connectivity index (χ4v) is 2.75. The minimum absolute atomic E-state index is 0.454. The van der Waals surface area contributed by atoms with E-state index in [4.69, 9.17) is 0 Å². The molecule has 1 rings (SSSR count). The molecule has 1 fully saturated rings. The first-order valence-corrected chi connectivity index (χ1v) is 6.28. The quantitative estimate of drug-likeness (QED) is 0.694. The van der Waals surface area contributed by atoms with Crippen LogP contribution in [0.15, 0.2) is 0 Å². The Kier molecular flexibility index (Phi) is 4.15. The number of rotatable bonds is 2. The molecule has 13 heavy (non-hydrogen) atoms. The van der Waals surface area contributed by atoms with Crippen LogP contribution in [0.25, 0.3) is 0 Å². The standard InChI is InChI=1S/C10H22NOP/c1-10(2,3)8-4-6-9(7-5-8)11-13-12/h8-9,11H,4-7,13H2,1-3H3. The van der Waals surface area contributed by atoms with E-state index >= 15 is 0 Å². The molecule has 0 spiro atoms. The zero-order valence-corrected chi connectivity index (χ0v) is 10.1. The van der Waals surface area contributed by atoms with Crippen LogP contribution in [0.4, 0.5) is 0 Å². The molecule has 0 amide bonds. The lowest BCUT2D eigenvalue weighted by Gasteiger charge is -2.36. The second-order valence-electron chi connectivity index (χ2n) is 5.20. The van der Waals surface area contributed by atoms with E-state index in [0.29, 0.717) is 11.5 Å². The van der Waals surface area contributed by atoms with Gasteiger partial charge in [-0.3, -0.25) is 0 Å². The van der Waals surface area contributed by atoms with Crippen LogP contribution in [-0.2, 0) is 0 Å². The Hall–Kier alpha value is 0.350. The molecule has 0 bridgehead atoms. The predicted octanol–water partition coefficient (Wildman–Crippen LogP) is 1.78. The van der Waals surface area contributed by atoms with Crippen molar-refractivity contribution < 1.29 is 4.89 Å². The van der Waals surface area contributed by atoms with E-state index in [2.05, 4.69) is 25.9 Å². The molecule has 1 unspecified atom stereocenters. The van der Waals surface area contributed by atoms with E-state index in [1.807, 2.05) is 0 Å². The van der Waals surface area contributed by atoms with Crippen molar-refractivity contribution in [1.29, 1.82) is 0 Å². The molecule has 0 aromatic rings. The number of hydrogen-bond donors (Lipinski definition) is 1. The lowest BCUT2D eigenvalue weighted by Crippen LogP contribution is -2.33. The molecule has 78 valence electrons. The maximum Gasteiger partial charge on any atom is 0.0406 e. The first kappa shape index (κ1) is 11.4. The van der Waals surface area contributed by atoms with Crippen LogP contribution >= 0.6 is 8.96 Å². The first-order valence-electron chi connectivity index (χ1n) is 5.23. The highest BCUT2D eigenvalue weighted by Gasteiger charge is 2.29. The number of nitrogens with one attached hydrogen (secondary N) is 1. The summed E-state index contributed by atoms with van der Waals surface area (Å²) in [7, 11) is -0.757. The number of hydrogen-bond acceptors (Lipinski definition) is 2. The van der Waals surface area contributed by atoms with Crippen molar-refractivity contribution in [3.8, 4) is 0 Å². The minimum Gasteiger partial charge on any atom is -0.669 e. The summed E-state index contributed by atoms with van der Waals surface area (Å²) in [6.07, 6.45) is 5.00. The van der Waals surface area contributed by atoms with Gasteiger partial charge in [-0.25, -0.2) is 0 Å². The van der Waals surface area contributed by atoms with Gasteiger partial charge >= 0.3 is 0 Å². The summed E-state index contributed by atoms with van der Waals surface area (Å²) in [6, 6.07) is 0.533. The molecule has 1 N–H and O–H groups in total. The summed E-state index contributed by atoms with van der Waals surface area (Å²) in [5, 5.41) is 3.08. The van der Waals surface area contributed by atoms with Crippen LogP contribution < -0.4 is 9.98 Å². The predicted molar refractivity (Wildman–Crippen MR) is 58.0 cm³/mol. The average molecular weight is 203 g/mol. The highest BCUT2D eigenvalue weighted by Crippen LogP contribution is 2.37. The molecule has 2 nitrogen and oxygen atoms in total. The SMILES string of the molecule is CC(C)(C)C1CCC(N[PH2+][O-])CC1. The Morgan fingerprint density at radius 2 is 1.69 bits per heavy atom. The smallest absolute Gasteiger partial charge is 0.0406 e. The molecule has 1 saturated carbocycles. The fraction of sp³-hybridized carbons (Fsp3) is 1.00. The lowest BCUT2D eigenvalue weighted by atomic mass is 9.71. The molecule has 0 aromatic carbocycles. The van der Waals surface area contributed by atoms with Crippen LogP contribution in [0.3, 0.4) is 0 Å². The molecule has 0 radical (unpaired) electrons. The van der Waals surface area contributed by atoms with Gasteiger partial charge in [-0.1, -0.05) is 20.8 Å². The molecule has 0 saturated heterocycles. The van der Waals surface area contributed by atoms with E-state index in [1.165, 1.54) is 25.7 Å². The molecule has 0 aliphatic heterocycles. The van der Waals surface area contributed by atoms with E-state index < -0.39 is 8.96 Å². The van der Waals surface area contributed by atoms with Gasteiger partial charge in [0, 0.05) is 15.0 Å². The monoisotopic (exact) mass is 203 g/mol. The summed E-state index contributed by atoms with van der Waals surface area (Å²) in [6.45, 7) is 6.97. The topological polar surface area (TPSA) is 35.1 Å². The van der Waals surface area contributed by atoms with Crippen molar-refractivity contribution in [1.82, 2.24) is 5.09 Å². The summed E-state index contributed by atoms with van der Waals surface area (Å²) < 4.78 is 0. The highest BCUT2D eigenvalue weighted by atomic mass is 31.1. The van der Waals surface area contributed by atoms with Gasteiger partial charge in [-0.2, -0.15) is 5.09 Å². The van der Waals surface area contributed by atoms with Crippen LogP contribution in [0.1, 0.15) is 46.5 Å². The van der Waals surface area contributed by atoms with E-state index in [9.17, 15) is 4.89 Å². The molecule has 1 aliphatic carbocycles. The highest BCUT2D eigenvalue weighted by molar-refractivity contribution is 7.26. The molecule has 1 aliphatic rings. The lowest BCUT2D eigenvalue weighted by molar-refractivity contribution is -0.153. The van der Waals surface area contributed by atoms with Gasteiger partial charge in [0.1, 0.15) is 0 Å². The van der Waals surface area contributed by atoms with Gasteiger partial charge in [0.2, 0.25) is 0 Å². The molecular weight excluding hydrogens is 181 g/mol. The largest absolute Gasteiger partial charge is 0.669 e. The van der Waals surface area contributed by atoms with Crippen molar-refractivity contribution in [3.05, 3.63) is 0 Å². The van der Waals surface area contributed by atoms with Crippen molar-refractivity contribution >= 4 is 8.96 Å². The Balaban J connectivity index is 2.30. The fourth-order valence-electron chi connectivity index (χ4n) is 2.22. The van der Waals surface area contributed by atoms with Crippen molar-refractivity contribution in [2.24, 2.45) is 11.3 Å². The Labute approximate surface area is 83.4 Å². The first-order chi connectivity index (χ1) is 6.04. The van der Waals surface area contributed by atoms with E-state index in [0.717, 1.165) is 5.92 Å². The molecule has 0 heterocycles. The average Bonchev–Trinajstić information content (AvgIpc) is 2.04. The summed E-state index contributed by atoms with van der Waals surface area (Å²) in [5.41, 5.74) is 0.454. The Morgan fingerprint density at radius 3 is 2.08 bits per heavy atom. The second kappa shape index (κ2) is 4.72. The van der Waals surface area contributed by atoms with Gasteiger partial charge in [-0.05, 0) is 37.0 Å². The zero-order valence-electron chi connectivity index (χ0n) is 8.97. The zero-order chi connectivity index (χ0) is 9.90. The van der Waals surface area contributed by atoms with Crippen LogP contribution in [-0.4, -0.2) is 6.04 Å². The normalized spacial score (nSPS) is 31.4. The Morgan fingerprint density at radius 1 is 1.15 bits per heavy atom. The summed E-state index contributed by atoms with van der Waals surface area (Å²) in [5.74, 6) is 0.854. The molecule has 0 aromatic heterocycles. The minimum atomic E-state index is -0.757. The van der Waals surface area contributed by atoms with E-state index in [-0.39, 0.29) is 0 Å². The third-order valence-electron chi connectivity index (χ3n) is 3.26. The van der Waals surface area contributed by atoms with Crippen molar-refractivity contribution in [2.75, 3.05) is 0 Å². The van der Waals surface area contributed by atoms with Gasteiger partial charge in [-0.15, -0.1) is 0 Å². The third kappa shape index (κ3) is 3.53. The van der Waals surface area contributed by atoms with Gasteiger partial charge in [0.05, 0.1) is 0 Å². The van der Waals surface area contributed by atoms with Crippen LogP contribution in [0.2, 0.25) is 0 Å². The van der Waals surface area contributed by atoms with Crippen molar-refractivity contribution in [2.45, 2.75) is 52.5 Å². The molecule has 3 heteroatoms. The third-order valence-corrected chi connectivity index (χ3v) is 3.86. The van der Waals surface area contributed by atoms with Gasteiger partial charge in [0.25, 0.3) is 0 Å². The van der Waals surface area contributed by atoms with E-state index in [1.54, 1.807) is 0 Å². The molecule has 1 atom stereocenters. The maximum atomic E-state index is 10.4. The maximum absolute atomic E-state index is 10.4. The van der Waals surface area contributed by atoms with Crippen LogP contribution in [0, 0.1) is 11.3 Å². The van der Waals surface area contributed by atoms with Gasteiger partial charge in [0.15, 0.2) is 0 Å². The Bertz CT molecular complexity index is 147. The van der Waals surface area contributed by atoms with Crippen molar-refractivity contribution in [3.63, 3.8) is 0 Å². The summed E-state index contributed by atoms with van der Waals surface area (Å²) in [4.78, 5) is 10.4. The summed E-state index contributed by atoms with van der Waals surface area (Å²) >= 11 is 0. The van der Waals surface area contributed by atoms with Crippen LogP contribution in [0.5, 0.6) is 0 Å². The second-order valence-corrected chi connectivity index (χ2v) is 5.77.